The van der Waals surface area contributed by atoms with Crippen molar-refractivity contribution in [3.8, 4) is 0 Å². The summed E-state index contributed by atoms with van der Waals surface area (Å²) >= 11 is 0. The van der Waals surface area contributed by atoms with E-state index in [1.807, 2.05) is 0 Å². The van der Waals surface area contributed by atoms with Crippen LogP contribution in [0.1, 0.15) is 78.6 Å². The molecule has 1 amide bonds. The molecule has 122 valence electrons. The minimum Gasteiger partial charge on any atom is -0.344 e. The normalized spacial score (nSPS) is 18.1. The van der Waals surface area contributed by atoms with Gasteiger partial charge in [0, 0.05) is 18.5 Å². The van der Waals surface area contributed by atoms with Gasteiger partial charge in [0.25, 0.3) is 0 Å². The van der Waals surface area contributed by atoms with Crippen LogP contribution in [0.15, 0.2) is 0 Å². The van der Waals surface area contributed by atoms with Gasteiger partial charge in [-0.3, -0.25) is 4.79 Å². The van der Waals surface area contributed by atoms with Crippen molar-refractivity contribution in [3.05, 3.63) is 0 Å². The van der Waals surface area contributed by atoms with E-state index < -0.39 is 0 Å². The lowest BCUT2D eigenvalue weighted by Crippen LogP contribution is -2.45. The molecule has 1 aliphatic rings. The predicted molar refractivity (Wildman–Crippen MR) is 94.4 cm³/mol. The van der Waals surface area contributed by atoms with Crippen LogP contribution < -0.4 is 0 Å². The van der Waals surface area contributed by atoms with Gasteiger partial charge in [0.15, 0.2) is 0 Å². The minimum atomic E-state index is -0.0977. The molecule has 3 heteroatoms. The highest BCUT2D eigenvalue weighted by atomic mass is 16.2. The Morgan fingerprint density at radius 1 is 0.952 bits per heavy atom. The molecule has 21 heavy (non-hydrogen) atoms. The van der Waals surface area contributed by atoms with Crippen LogP contribution in [0.3, 0.4) is 0 Å². The van der Waals surface area contributed by atoms with Crippen LogP contribution in [0.25, 0.3) is 0 Å². The second kappa shape index (κ2) is 10.3. The first-order valence-electron chi connectivity index (χ1n) is 9.43. The molecule has 1 saturated heterocycles. The summed E-state index contributed by atoms with van der Waals surface area (Å²) in [7, 11) is 1.30. The maximum atomic E-state index is 13.0. The van der Waals surface area contributed by atoms with Gasteiger partial charge in [-0.1, -0.05) is 78.4 Å². The van der Waals surface area contributed by atoms with E-state index in [9.17, 15) is 4.79 Å². The Morgan fingerprint density at radius 2 is 1.52 bits per heavy atom. The Kier molecular flexibility index (Phi) is 9.11. The zero-order valence-corrected chi connectivity index (χ0v) is 14.8. The van der Waals surface area contributed by atoms with E-state index in [0.29, 0.717) is 5.91 Å². The first-order valence-corrected chi connectivity index (χ1v) is 9.43. The first kappa shape index (κ1) is 18.6. The largest absolute Gasteiger partial charge is 0.344 e. The van der Waals surface area contributed by atoms with Crippen molar-refractivity contribution in [2.24, 2.45) is 5.41 Å². The third-order valence-electron chi connectivity index (χ3n) is 5.07. The van der Waals surface area contributed by atoms with Crippen molar-refractivity contribution in [3.63, 3.8) is 0 Å². The van der Waals surface area contributed by atoms with Crippen molar-refractivity contribution in [1.29, 1.82) is 0 Å². The maximum absolute atomic E-state index is 13.0. The zero-order chi connectivity index (χ0) is 15.6. The molecular weight excluding hydrogens is 257 g/mol. The zero-order valence-electron chi connectivity index (χ0n) is 14.8. The highest BCUT2D eigenvalue weighted by molar-refractivity contribution is 6.36. The summed E-state index contributed by atoms with van der Waals surface area (Å²) < 4.78 is 0. The monoisotopic (exact) mass is 293 g/mol. The van der Waals surface area contributed by atoms with Gasteiger partial charge in [-0.15, -0.1) is 0 Å². The number of carbonyl (C=O) groups excluding carboxylic acids is 1. The van der Waals surface area contributed by atoms with E-state index in [1.165, 1.54) is 64.9 Å². The van der Waals surface area contributed by atoms with E-state index >= 15 is 0 Å². The molecular formula is C18H36BNO. The third kappa shape index (κ3) is 6.44. The van der Waals surface area contributed by atoms with Crippen molar-refractivity contribution in [2.75, 3.05) is 13.1 Å². The lowest BCUT2D eigenvalue weighted by atomic mass is 9.68. The summed E-state index contributed by atoms with van der Waals surface area (Å²) in [5.41, 5.74) is -0.0977. The van der Waals surface area contributed by atoms with Crippen LogP contribution in [-0.4, -0.2) is 31.2 Å². The fourth-order valence-electron chi connectivity index (χ4n) is 3.50. The lowest BCUT2D eigenvalue weighted by Gasteiger charge is -2.36. The number of hydrogen-bond donors (Lipinski definition) is 0. The molecule has 0 aromatic heterocycles. The average Bonchev–Trinajstić information content (AvgIpc) is 2.53. The number of nitrogens with zero attached hydrogens (tertiary/aromatic N) is 1. The molecule has 1 unspecified atom stereocenters. The second-order valence-corrected chi connectivity index (χ2v) is 7.18. The molecule has 0 N–H and O–H groups in total. The van der Waals surface area contributed by atoms with E-state index in [0.717, 1.165) is 25.9 Å². The summed E-state index contributed by atoms with van der Waals surface area (Å²) in [6.07, 6.45) is 13.4. The van der Waals surface area contributed by atoms with Crippen molar-refractivity contribution in [1.82, 2.24) is 4.90 Å². The van der Waals surface area contributed by atoms with Gasteiger partial charge in [0.05, 0.1) is 0 Å². The Hall–Kier alpha value is -0.465. The average molecular weight is 293 g/mol. The Morgan fingerprint density at radius 3 is 2.14 bits per heavy atom. The Balaban J connectivity index is 2.51. The van der Waals surface area contributed by atoms with E-state index in [1.54, 1.807) is 0 Å². The van der Waals surface area contributed by atoms with Gasteiger partial charge in [-0.25, -0.2) is 0 Å². The standard InChI is InChI=1S/C18H36BNO/c1-4-6-8-9-10-12-18(3,11-7-5-2)17(21)20-15-13-19-14-16-20/h19H,4-16H2,1-3H3. The van der Waals surface area contributed by atoms with Crippen LogP contribution in [0.2, 0.25) is 12.6 Å². The second-order valence-electron chi connectivity index (χ2n) is 7.18. The smallest absolute Gasteiger partial charge is 0.228 e. The number of amides is 1. The molecule has 0 radical (unpaired) electrons. The maximum Gasteiger partial charge on any atom is 0.228 e. The predicted octanol–water partition coefficient (Wildman–Crippen LogP) is 4.66. The van der Waals surface area contributed by atoms with Gasteiger partial charge >= 0.3 is 0 Å². The lowest BCUT2D eigenvalue weighted by molar-refractivity contribution is -0.142. The van der Waals surface area contributed by atoms with Crippen LogP contribution in [-0.2, 0) is 4.79 Å². The molecule has 1 heterocycles. The molecule has 0 spiro atoms. The topological polar surface area (TPSA) is 20.3 Å². The van der Waals surface area contributed by atoms with E-state index in [2.05, 4.69) is 25.7 Å². The summed E-state index contributed by atoms with van der Waals surface area (Å²) in [5, 5.41) is 0. The Bertz CT molecular complexity index is 289. The quantitative estimate of drug-likeness (QED) is 0.424. The summed E-state index contributed by atoms with van der Waals surface area (Å²) in [6.45, 7) is 8.71. The molecule has 2 nitrogen and oxygen atoms in total. The van der Waals surface area contributed by atoms with Crippen molar-refractivity contribution in [2.45, 2.75) is 91.2 Å². The number of rotatable bonds is 10. The van der Waals surface area contributed by atoms with Crippen LogP contribution >= 0.6 is 0 Å². The molecule has 0 aliphatic carbocycles. The molecule has 0 aromatic rings. The highest BCUT2D eigenvalue weighted by Crippen LogP contribution is 2.34. The van der Waals surface area contributed by atoms with Crippen LogP contribution in [0, 0.1) is 5.41 Å². The first-order chi connectivity index (χ1) is 10.1. The number of unbranched alkanes of at least 4 members (excludes halogenated alkanes) is 5. The number of carbonyl (C=O) groups is 1. The minimum absolute atomic E-state index is 0.0977. The van der Waals surface area contributed by atoms with Crippen molar-refractivity contribution < 1.29 is 4.79 Å². The van der Waals surface area contributed by atoms with Gasteiger partial charge in [-0.05, 0) is 12.8 Å². The van der Waals surface area contributed by atoms with Gasteiger partial charge < -0.3 is 4.90 Å². The van der Waals surface area contributed by atoms with Crippen LogP contribution in [0.5, 0.6) is 0 Å². The molecule has 0 saturated carbocycles. The van der Waals surface area contributed by atoms with Gasteiger partial charge in [0.2, 0.25) is 5.91 Å². The molecule has 0 aromatic carbocycles. The fourth-order valence-corrected chi connectivity index (χ4v) is 3.50. The Labute approximate surface area is 133 Å². The molecule has 1 rings (SSSR count). The van der Waals surface area contributed by atoms with E-state index in [4.69, 9.17) is 0 Å². The SMILES string of the molecule is CCCCCCCC(C)(CCCC)C(=O)N1CCBCC1. The summed E-state index contributed by atoms with van der Waals surface area (Å²) in [5.74, 6) is 0.450. The molecule has 0 bridgehead atoms. The molecule has 1 aliphatic heterocycles. The fraction of sp³-hybridized carbons (Fsp3) is 0.944. The molecule has 1 atom stereocenters. The third-order valence-corrected chi connectivity index (χ3v) is 5.07. The van der Waals surface area contributed by atoms with Crippen molar-refractivity contribution >= 4 is 13.2 Å². The summed E-state index contributed by atoms with van der Waals surface area (Å²) in [6, 6.07) is 0. The van der Waals surface area contributed by atoms with E-state index in [-0.39, 0.29) is 5.41 Å². The van der Waals surface area contributed by atoms with Gasteiger partial charge in [-0.2, -0.15) is 0 Å². The van der Waals surface area contributed by atoms with Gasteiger partial charge in [0.1, 0.15) is 7.28 Å². The van der Waals surface area contributed by atoms with Crippen LogP contribution in [0.4, 0.5) is 0 Å². The summed E-state index contributed by atoms with van der Waals surface area (Å²) in [4.78, 5) is 15.1. The number of hydrogen-bond acceptors (Lipinski definition) is 1. The highest BCUT2D eigenvalue weighted by Gasteiger charge is 2.35. The molecule has 1 fully saturated rings.